The zero-order valence-corrected chi connectivity index (χ0v) is 20.7. The molecular weight excluding hydrogens is 538 g/mol. The van der Waals surface area contributed by atoms with E-state index >= 15 is 0 Å². The highest BCUT2D eigenvalue weighted by atomic mass is 35.5. The van der Waals surface area contributed by atoms with Gasteiger partial charge in [0.05, 0.1) is 21.9 Å². The summed E-state index contributed by atoms with van der Waals surface area (Å²) in [6.45, 7) is -0.237. The Morgan fingerprint density at radius 3 is 2.23 bits per heavy atom. The SMILES string of the molecule is O=C(COc1ccc(/C=N\NC(=O)C(=O)Nc2cccc(Cl)c2Cl)cc1)Nc1cc(Cl)cc(Cl)c1. The lowest BCUT2D eigenvalue weighted by Gasteiger charge is -2.08. The molecule has 35 heavy (non-hydrogen) atoms. The van der Waals surface area contributed by atoms with Gasteiger partial charge in [-0.15, -0.1) is 0 Å². The van der Waals surface area contributed by atoms with E-state index in [1.54, 1.807) is 54.6 Å². The first-order valence-corrected chi connectivity index (χ1v) is 11.3. The predicted octanol–water partition coefficient (Wildman–Crippen LogP) is 5.41. The number of hydrogen-bond donors (Lipinski definition) is 3. The summed E-state index contributed by atoms with van der Waals surface area (Å²) in [5.41, 5.74) is 3.37. The Hall–Kier alpha value is -3.30. The minimum atomic E-state index is -0.996. The molecule has 0 heterocycles. The second kappa shape index (κ2) is 12.4. The van der Waals surface area contributed by atoms with Crippen LogP contribution < -0.4 is 20.8 Å². The van der Waals surface area contributed by atoms with Gasteiger partial charge >= 0.3 is 11.8 Å². The maximum Gasteiger partial charge on any atom is 0.329 e. The Morgan fingerprint density at radius 2 is 1.54 bits per heavy atom. The Kier molecular flexibility index (Phi) is 9.33. The van der Waals surface area contributed by atoms with Gasteiger partial charge in [0.15, 0.2) is 6.61 Å². The first-order chi connectivity index (χ1) is 16.7. The van der Waals surface area contributed by atoms with Crippen LogP contribution >= 0.6 is 46.4 Å². The van der Waals surface area contributed by atoms with Crippen molar-refractivity contribution in [1.29, 1.82) is 0 Å². The number of carbonyl (C=O) groups is 3. The van der Waals surface area contributed by atoms with Crippen LogP contribution in [0.15, 0.2) is 65.8 Å². The molecule has 0 unspecified atom stereocenters. The van der Waals surface area contributed by atoms with Crippen molar-refractivity contribution >= 4 is 81.7 Å². The maximum atomic E-state index is 12.1. The molecule has 0 aliphatic heterocycles. The third kappa shape index (κ3) is 8.15. The first kappa shape index (κ1) is 26.3. The fraction of sp³-hybridized carbons (Fsp3) is 0.0435. The normalized spacial score (nSPS) is 10.6. The number of amides is 3. The Labute approximate surface area is 220 Å². The molecule has 0 saturated carbocycles. The topological polar surface area (TPSA) is 109 Å². The highest BCUT2D eigenvalue weighted by Crippen LogP contribution is 2.29. The Morgan fingerprint density at radius 1 is 0.857 bits per heavy atom. The van der Waals surface area contributed by atoms with E-state index in [9.17, 15) is 14.4 Å². The quantitative estimate of drug-likeness (QED) is 0.206. The first-order valence-electron chi connectivity index (χ1n) is 9.78. The minimum Gasteiger partial charge on any atom is -0.484 e. The number of hydrazone groups is 1. The van der Waals surface area contributed by atoms with E-state index in [4.69, 9.17) is 51.1 Å². The van der Waals surface area contributed by atoms with E-state index in [2.05, 4.69) is 21.2 Å². The zero-order valence-electron chi connectivity index (χ0n) is 17.7. The second-order valence-corrected chi connectivity index (χ2v) is 8.48. The van der Waals surface area contributed by atoms with Gasteiger partial charge in [-0.2, -0.15) is 5.10 Å². The Bertz CT molecular complexity index is 1260. The summed E-state index contributed by atoms with van der Waals surface area (Å²) in [5, 5.41) is 9.87. The van der Waals surface area contributed by atoms with E-state index in [0.717, 1.165) is 0 Å². The number of benzene rings is 3. The molecule has 3 aromatic carbocycles. The molecule has 0 aliphatic carbocycles. The summed E-state index contributed by atoms with van der Waals surface area (Å²) in [6, 6.07) is 15.8. The van der Waals surface area contributed by atoms with Gasteiger partial charge in [0.1, 0.15) is 5.75 Å². The molecule has 0 aromatic heterocycles. The van der Waals surface area contributed by atoms with Crippen LogP contribution in [0.3, 0.4) is 0 Å². The Balaban J connectivity index is 1.45. The molecule has 3 N–H and O–H groups in total. The number of nitrogens with zero attached hydrogens (tertiary/aromatic N) is 1. The van der Waals surface area contributed by atoms with Gasteiger partial charge < -0.3 is 15.4 Å². The van der Waals surface area contributed by atoms with Crippen LogP contribution in [0.2, 0.25) is 20.1 Å². The summed E-state index contributed by atoms with van der Waals surface area (Å²) >= 11 is 23.7. The van der Waals surface area contributed by atoms with Crippen LogP contribution in [0, 0.1) is 0 Å². The van der Waals surface area contributed by atoms with Gasteiger partial charge in [-0.25, -0.2) is 5.43 Å². The monoisotopic (exact) mass is 552 g/mol. The van der Waals surface area contributed by atoms with Crippen LogP contribution in [0.1, 0.15) is 5.56 Å². The molecule has 0 fully saturated rings. The third-order valence-electron chi connectivity index (χ3n) is 4.18. The van der Waals surface area contributed by atoms with Gasteiger partial charge in [-0.1, -0.05) is 52.5 Å². The fourth-order valence-electron chi connectivity index (χ4n) is 2.62. The van der Waals surface area contributed by atoms with Crippen molar-refractivity contribution in [3.63, 3.8) is 0 Å². The van der Waals surface area contributed by atoms with Crippen molar-refractivity contribution in [2.24, 2.45) is 5.10 Å². The molecule has 0 aliphatic rings. The average Bonchev–Trinajstić information content (AvgIpc) is 2.80. The minimum absolute atomic E-state index is 0.118. The molecule has 0 spiro atoms. The molecular formula is C23H16Cl4N4O4. The predicted molar refractivity (Wildman–Crippen MR) is 138 cm³/mol. The van der Waals surface area contributed by atoms with Crippen molar-refractivity contribution in [1.82, 2.24) is 5.43 Å². The third-order valence-corrected chi connectivity index (χ3v) is 5.44. The molecule has 0 radical (unpaired) electrons. The number of halogens is 4. The molecule has 3 aromatic rings. The molecule has 0 atom stereocenters. The van der Waals surface area contributed by atoms with Gasteiger partial charge in [0, 0.05) is 15.7 Å². The molecule has 0 saturated heterocycles. The highest BCUT2D eigenvalue weighted by Gasteiger charge is 2.15. The summed E-state index contributed by atoms with van der Waals surface area (Å²) < 4.78 is 5.44. The second-order valence-electron chi connectivity index (χ2n) is 6.82. The van der Waals surface area contributed by atoms with Crippen LogP contribution in [0.4, 0.5) is 11.4 Å². The van der Waals surface area contributed by atoms with E-state index in [0.29, 0.717) is 27.0 Å². The summed E-state index contributed by atoms with van der Waals surface area (Å²) in [4.78, 5) is 36.0. The molecule has 8 nitrogen and oxygen atoms in total. The van der Waals surface area contributed by atoms with E-state index < -0.39 is 17.7 Å². The molecule has 12 heteroatoms. The van der Waals surface area contributed by atoms with Gasteiger partial charge in [-0.05, 0) is 60.2 Å². The molecule has 3 rings (SSSR count). The van der Waals surface area contributed by atoms with Gasteiger partial charge in [-0.3, -0.25) is 14.4 Å². The lowest BCUT2D eigenvalue weighted by atomic mass is 10.2. The van der Waals surface area contributed by atoms with Gasteiger partial charge in [0.2, 0.25) is 0 Å². The van der Waals surface area contributed by atoms with Gasteiger partial charge in [0.25, 0.3) is 5.91 Å². The average molecular weight is 554 g/mol. The van der Waals surface area contributed by atoms with Crippen molar-refractivity contribution in [2.75, 3.05) is 17.2 Å². The number of hydrogen-bond acceptors (Lipinski definition) is 5. The molecule has 0 bridgehead atoms. The van der Waals surface area contributed by atoms with E-state index in [1.807, 2.05) is 0 Å². The summed E-state index contributed by atoms with van der Waals surface area (Å²) in [7, 11) is 0. The summed E-state index contributed by atoms with van der Waals surface area (Å²) in [5.74, 6) is -1.92. The largest absolute Gasteiger partial charge is 0.484 e. The van der Waals surface area contributed by atoms with Crippen molar-refractivity contribution in [2.45, 2.75) is 0 Å². The maximum absolute atomic E-state index is 12.1. The number of anilines is 2. The number of nitrogens with one attached hydrogen (secondary N) is 3. The van der Waals surface area contributed by atoms with Crippen LogP contribution in [0.25, 0.3) is 0 Å². The van der Waals surface area contributed by atoms with Crippen LogP contribution in [0.5, 0.6) is 5.75 Å². The lowest BCUT2D eigenvalue weighted by Crippen LogP contribution is -2.32. The molecule has 3 amide bonds. The van der Waals surface area contributed by atoms with Crippen molar-refractivity contribution < 1.29 is 19.1 Å². The van der Waals surface area contributed by atoms with Crippen molar-refractivity contribution in [3.05, 3.63) is 86.3 Å². The van der Waals surface area contributed by atoms with E-state index in [-0.39, 0.29) is 22.3 Å². The van der Waals surface area contributed by atoms with E-state index in [1.165, 1.54) is 12.3 Å². The smallest absolute Gasteiger partial charge is 0.329 e. The number of rotatable bonds is 7. The standard InChI is InChI=1S/C23H16Cl4N4O4/c24-14-8-15(25)10-16(9-14)29-20(32)12-35-17-6-4-13(5-7-17)11-28-31-23(34)22(33)30-19-3-1-2-18(26)21(19)27/h1-11H,12H2,(H,29,32)(H,30,33)(H,31,34)/b28-11-. The molecule has 180 valence electrons. The van der Waals surface area contributed by atoms with Crippen LogP contribution in [-0.2, 0) is 14.4 Å². The summed E-state index contributed by atoms with van der Waals surface area (Å²) in [6.07, 6.45) is 1.33. The van der Waals surface area contributed by atoms with Crippen molar-refractivity contribution in [3.8, 4) is 5.75 Å². The fourth-order valence-corrected chi connectivity index (χ4v) is 3.49. The lowest BCUT2D eigenvalue weighted by molar-refractivity contribution is -0.136. The number of carbonyl (C=O) groups excluding carboxylic acids is 3. The van der Waals surface area contributed by atoms with Crippen LogP contribution in [-0.4, -0.2) is 30.5 Å². The zero-order chi connectivity index (χ0) is 25.4. The highest BCUT2D eigenvalue weighted by molar-refractivity contribution is 6.45. The number of ether oxygens (including phenoxy) is 1.